The number of methoxy groups -OCH3 is 1. The molecule has 0 aliphatic carbocycles. The van der Waals surface area contributed by atoms with E-state index in [4.69, 9.17) is 16.3 Å². The van der Waals surface area contributed by atoms with Crippen LogP contribution in [0.4, 0.5) is 5.69 Å². The molecule has 8 nitrogen and oxygen atoms in total. The number of para-hydroxylation sites is 1. The summed E-state index contributed by atoms with van der Waals surface area (Å²) in [7, 11) is -2.34. The van der Waals surface area contributed by atoms with Crippen molar-refractivity contribution in [3.63, 3.8) is 0 Å². The van der Waals surface area contributed by atoms with Gasteiger partial charge in [-0.15, -0.1) is 0 Å². The van der Waals surface area contributed by atoms with Gasteiger partial charge in [-0.1, -0.05) is 41.9 Å². The summed E-state index contributed by atoms with van der Waals surface area (Å²) in [6.45, 7) is 0.603. The lowest BCUT2D eigenvalue weighted by molar-refractivity contribution is 0.0762. The maximum absolute atomic E-state index is 13.9. The molecule has 38 heavy (non-hydrogen) atoms. The number of amides is 1. The second kappa shape index (κ2) is 10.8. The van der Waals surface area contributed by atoms with Crippen LogP contribution < -0.4 is 14.4 Å². The molecule has 0 radical (unpaired) electrons. The van der Waals surface area contributed by atoms with Crippen molar-refractivity contribution in [3.8, 4) is 5.75 Å². The van der Waals surface area contributed by atoms with E-state index in [1.165, 1.54) is 4.31 Å². The van der Waals surface area contributed by atoms with Gasteiger partial charge in [0.1, 0.15) is 5.75 Å². The number of sulfonamides is 1. The highest BCUT2D eigenvalue weighted by molar-refractivity contribution is 9.10. The largest absolute Gasteiger partial charge is 0.497 e. The van der Waals surface area contributed by atoms with E-state index in [0.29, 0.717) is 26.4 Å². The molecule has 0 atom stereocenters. The summed E-state index contributed by atoms with van der Waals surface area (Å²) in [4.78, 5) is 19.7. The van der Waals surface area contributed by atoms with Gasteiger partial charge in [0.15, 0.2) is 0 Å². The number of rotatable bonds is 5. The fourth-order valence-electron chi connectivity index (χ4n) is 4.36. The van der Waals surface area contributed by atoms with Crippen LogP contribution in [0.15, 0.2) is 92.9 Å². The number of nitrogens with zero attached hydrogens (tertiary/aromatic N) is 3. The van der Waals surface area contributed by atoms with E-state index in [2.05, 4.69) is 26.2 Å². The molecule has 2 heterocycles. The van der Waals surface area contributed by atoms with Crippen LogP contribution >= 0.6 is 27.5 Å². The van der Waals surface area contributed by atoms with Gasteiger partial charge in [-0.05, 0) is 64.0 Å². The molecule has 1 N–H and O–H groups in total. The lowest BCUT2D eigenvalue weighted by atomic mass is 10.1. The Kier molecular flexibility index (Phi) is 7.47. The molecule has 2 aliphatic heterocycles. The van der Waals surface area contributed by atoms with Crippen LogP contribution in [0.5, 0.6) is 5.75 Å². The van der Waals surface area contributed by atoms with Gasteiger partial charge in [0, 0.05) is 23.0 Å². The van der Waals surface area contributed by atoms with Crippen LogP contribution in [-0.2, 0) is 16.6 Å². The second-order valence-electron chi connectivity index (χ2n) is 8.73. The Morgan fingerprint density at radius 2 is 1.84 bits per heavy atom. The van der Waals surface area contributed by atoms with Crippen molar-refractivity contribution >= 4 is 55.1 Å². The van der Waals surface area contributed by atoms with E-state index in [1.54, 1.807) is 54.5 Å². The second-order valence-corrected chi connectivity index (χ2v) is 11.8. The Hall–Kier alpha value is -3.34. The maximum Gasteiger partial charge on any atom is 0.269 e. The lowest BCUT2D eigenvalue weighted by Gasteiger charge is -2.38. The minimum atomic E-state index is -3.93. The number of benzene rings is 3. The number of halogens is 2. The molecule has 0 aromatic heterocycles. The zero-order valence-electron chi connectivity index (χ0n) is 20.4. The Bertz CT molecular complexity index is 1540. The molecule has 196 valence electrons. The summed E-state index contributed by atoms with van der Waals surface area (Å²) >= 11 is 9.53. The van der Waals surface area contributed by atoms with Gasteiger partial charge >= 0.3 is 0 Å². The number of ether oxygens (including phenoxy) is 1. The number of hydrogen-bond acceptors (Lipinski definition) is 5. The van der Waals surface area contributed by atoms with E-state index < -0.39 is 10.0 Å². The Balaban J connectivity index is 1.48. The number of aliphatic imine (C=N–C) groups is 1. The smallest absolute Gasteiger partial charge is 0.269 e. The first kappa shape index (κ1) is 26.3. The van der Waals surface area contributed by atoms with Gasteiger partial charge < -0.3 is 15.0 Å². The van der Waals surface area contributed by atoms with Gasteiger partial charge in [0.25, 0.3) is 15.9 Å². The third kappa shape index (κ3) is 5.16. The summed E-state index contributed by atoms with van der Waals surface area (Å²) in [6, 6.07) is 21.2. The summed E-state index contributed by atoms with van der Waals surface area (Å²) in [6.07, 6.45) is 0.176. The van der Waals surface area contributed by atoms with Crippen molar-refractivity contribution in [1.82, 2.24) is 10.2 Å². The van der Waals surface area contributed by atoms with Crippen LogP contribution in [0.1, 0.15) is 22.3 Å². The van der Waals surface area contributed by atoms with Crippen molar-refractivity contribution < 1.29 is 17.9 Å². The fourth-order valence-corrected chi connectivity index (χ4v) is 6.51. The first-order valence-corrected chi connectivity index (χ1v) is 14.4. The van der Waals surface area contributed by atoms with Crippen LogP contribution in [0.25, 0.3) is 0 Å². The Labute approximate surface area is 234 Å². The molecule has 0 bridgehead atoms. The molecule has 0 saturated carbocycles. The van der Waals surface area contributed by atoms with E-state index in [9.17, 15) is 13.2 Å². The third-order valence-corrected chi connectivity index (χ3v) is 9.49. The molecule has 1 amide bonds. The van der Waals surface area contributed by atoms with Crippen molar-refractivity contribution in [2.24, 2.45) is 4.99 Å². The molecule has 5 rings (SSSR count). The van der Waals surface area contributed by atoms with E-state index in [0.717, 1.165) is 11.3 Å². The summed E-state index contributed by atoms with van der Waals surface area (Å²) in [5.74, 6) is 0.665. The SMILES string of the molecule is COc1ccc(CN=C2NC3=C(CCN(C(=O)c4ccc(Br)c(Cl)c4)C3)S(=O)(=O)N2c2ccccc2)cc1. The fraction of sp³-hybridized carbons (Fsp3) is 0.185. The number of hydrogen-bond donors (Lipinski definition) is 1. The standard InChI is InChI=1S/C27H24BrClN4O4S/c1-37-21-10-7-18(8-11-21)16-30-27-31-24-17-32(26(34)19-9-12-22(28)23(29)15-19)14-13-25(24)38(35,36)33(27)20-5-3-2-4-6-20/h2-12,15H,13-14,16-17H2,1H3,(H,30,31). The van der Waals surface area contributed by atoms with Crippen molar-refractivity contribution in [2.75, 3.05) is 24.5 Å². The zero-order chi connectivity index (χ0) is 26.9. The van der Waals surface area contributed by atoms with Gasteiger partial charge in [0.05, 0.1) is 41.5 Å². The number of nitrogens with one attached hydrogen (secondary N) is 1. The van der Waals surface area contributed by atoms with Crippen LogP contribution in [0, 0.1) is 0 Å². The minimum Gasteiger partial charge on any atom is -0.497 e. The molecule has 2 aliphatic rings. The van der Waals surface area contributed by atoms with E-state index in [1.807, 2.05) is 30.3 Å². The summed E-state index contributed by atoms with van der Waals surface area (Å²) in [5, 5.41) is 3.66. The normalized spacial score (nSPS) is 17.7. The molecule has 3 aromatic carbocycles. The van der Waals surface area contributed by atoms with Gasteiger partial charge in [0.2, 0.25) is 5.96 Å². The summed E-state index contributed by atoms with van der Waals surface area (Å²) < 4.78 is 34.9. The molecular weight excluding hydrogens is 592 g/mol. The quantitative estimate of drug-likeness (QED) is 0.428. The van der Waals surface area contributed by atoms with Gasteiger partial charge in [-0.3, -0.25) is 4.79 Å². The minimum absolute atomic E-state index is 0.102. The molecule has 0 spiro atoms. The third-order valence-electron chi connectivity index (χ3n) is 6.32. The molecular formula is C27H24BrClN4O4S. The van der Waals surface area contributed by atoms with Crippen molar-refractivity contribution in [1.29, 1.82) is 0 Å². The number of carbonyl (C=O) groups excluding carboxylic acids is 1. The van der Waals surface area contributed by atoms with Gasteiger partial charge in [-0.25, -0.2) is 17.7 Å². The molecule has 3 aromatic rings. The Morgan fingerprint density at radius 3 is 2.53 bits per heavy atom. The zero-order valence-corrected chi connectivity index (χ0v) is 23.6. The molecule has 11 heteroatoms. The monoisotopic (exact) mass is 614 g/mol. The van der Waals surface area contributed by atoms with E-state index >= 15 is 0 Å². The average Bonchev–Trinajstić information content (AvgIpc) is 2.93. The Morgan fingerprint density at radius 1 is 1.11 bits per heavy atom. The van der Waals surface area contributed by atoms with Crippen LogP contribution in [0.3, 0.4) is 0 Å². The average molecular weight is 616 g/mol. The summed E-state index contributed by atoms with van der Waals surface area (Å²) in [5.41, 5.74) is 2.23. The molecule has 0 fully saturated rings. The van der Waals surface area contributed by atoms with Crippen molar-refractivity contribution in [3.05, 3.63) is 104 Å². The first-order valence-electron chi connectivity index (χ1n) is 11.8. The predicted octanol–water partition coefficient (Wildman–Crippen LogP) is 5.16. The number of anilines is 1. The van der Waals surface area contributed by atoms with Gasteiger partial charge in [-0.2, -0.15) is 0 Å². The lowest BCUT2D eigenvalue weighted by Crippen LogP contribution is -2.54. The van der Waals surface area contributed by atoms with E-state index in [-0.39, 0.29) is 42.8 Å². The molecule has 0 unspecified atom stereocenters. The highest BCUT2D eigenvalue weighted by Gasteiger charge is 2.41. The van der Waals surface area contributed by atoms with Crippen molar-refractivity contribution in [2.45, 2.75) is 13.0 Å². The number of carbonyl (C=O) groups is 1. The van der Waals surface area contributed by atoms with Crippen LogP contribution in [0.2, 0.25) is 5.02 Å². The maximum atomic E-state index is 13.9. The predicted molar refractivity (Wildman–Crippen MR) is 152 cm³/mol. The molecule has 0 saturated heterocycles. The highest BCUT2D eigenvalue weighted by Crippen LogP contribution is 2.33. The first-order chi connectivity index (χ1) is 18.3. The highest BCUT2D eigenvalue weighted by atomic mass is 79.9. The number of guanidine groups is 1. The van der Waals surface area contributed by atoms with Crippen LogP contribution in [-0.4, -0.2) is 45.4 Å². The topological polar surface area (TPSA) is 91.3 Å².